The van der Waals surface area contributed by atoms with Crippen molar-refractivity contribution in [3.8, 4) is 5.75 Å². The van der Waals surface area contributed by atoms with Crippen LogP contribution in [0, 0.1) is 0 Å². The van der Waals surface area contributed by atoms with Crippen LogP contribution in [0.4, 0.5) is 5.69 Å². The summed E-state index contributed by atoms with van der Waals surface area (Å²) < 4.78 is 0. The van der Waals surface area contributed by atoms with Gasteiger partial charge in [-0.25, -0.2) is 4.79 Å². The summed E-state index contributed by atoms with van der Waals surface area (Å²) in [6.45, 7) is 0. The minimum atomic E-state index is -1.14. The van der Waals surface area contributed by atoms with Crippen molar-refractivity contribution in [1.82, 2.24) is 4.98 Å². The fourth-order valence-corrected chi connectivity index (χ4v) is 2.34. The van der Waals surface area contributed by atoms with Gasteiger partial charge in [-0.2, -0.15) is 0 Å². The summed E-state index contributed by atoms with van der Waals surface area (Å²) in [6, 6.07) is 11.4. The van der Waals surface area contributed by atoms with E-state index in [0.717, 1.165) is 16.5 Å². The van der Waals surface area contributed by atoms with Crippen LogP contribution in [0.2, 0.25) is 0 Å². The highest BCUT2D eigenvalue weighted by Crippen LogP contribution is 2.24. The second-order valence-electron chi connectivity index (χ2n) is 5.15. The molecule has 3 aromatic rings. The number of carbonyl (C=O) groups is 2. The minimum Gasteiger partial charge on any atom is -0.506 e. The molecule has 120 valence electrons. The van der Waals surface area contributed by atoms with Gasteiger partial charge in [0, 0.05) is 23.2 Å². The van der Waals surface area contributed by atoms with E-state index in [4.69, 9.17) is 5.11 Å². The smallest absolute Gasteiger partial charge is 0.335 e. The molecule has 4 N–H and O–H groups in total. The minimum absolute atomic E-state index is 0.0243. The summed E-state index contributed by atoms with van der Waals surface area (Å²) in [5.41, 5.74) is 1.83. The average Bonchev–Trinajstić information content (AvgIpc) is 2.98. The maximum atomic E-state index is 12.0. The number of H-pyrrole nitrogens is 1. The van der Waals surface area contributed by atoms with Gasteiger partial charge in [0.05, 0.1) is 11.3 Å². The molecule has 0 saturated heterocycles. The lowest BCUT2D eigenvalue weighted by molar-refractivity contribution is -0.111. The van der Waals surface area contributed by atoms with Crippen molar-refractivity contribution in [2.24, 2.45) is 0 Å². The monoisotopic (exact) mass is 322 g/mol. The molecule has 0 aliphatic carbocycles. The van der Waals surface area contributed by atoms with Crippen LogP contribution in [-0.2, 0) is 4.79 Å². The normalized spacial score (nSPS) is 11.0. The van der Waals surface area contributed by atoms with Gasteiger partial charge in [0.2, 0.25) is 5.91 Å². The van der Waals surface area contributed by atoms with Gasteiger partial charge in [-0.15, -0.1) is 0 Å². The molecule has 6 heteroatoms. The number of carboxylic acids is 1. The Morgan fingerprint density at radius 3 is 2.71 bits per heavy atom. The summed E-state index contributed by atoms with van der Waals surface area (Å²) in [5.74, 6) is -1.81. The van der Waals surface area contributed by atoms with Crippen LogP contribution in [0.3, 0.4) is 0 Å². The van der Waals surface area contributed by atoms with Crippen molar-refractivity contribution >= 4 is 34.5 Å². The fraction of sp³-hybridized carbons (Fsp3) is 0. The Hall–Kier alpha value is -3.54. The van der Waals surface area contributed by atoms with Crippen molar-refractivity contribution in [3.05, 3.63) is 65.9 Å². The quantitative estimate of drug-likeness (QED) is 0.437. The third-order valence-corrected chi connectivity index (χ3v) is 3.54. The van der Waals surface area contributed by atoms with Crippen LogP contribution in [0.15, 0.2) is 54.7 Å². The predicted octanol–water partition coefficient (Wildman–Crippen LogP) is 3.22. The molecule has 0 fully saturated rings. The summed E-state index contributed by atoms with van der Waals surface area (Å²) in [6.07, 6.45) is 4.76. The van der Waals surface area contributed by atoms with E-state index >= 15 is 0 Å². The maximum Gasteiger partial charge on any atom is 0.335 e. The largest absolute Gasteiger partial charge is 0.506 e. The molecule has 6 nitrogen and oxygen atoms in total. The molecule has 1 amide bonds. The second-order valence-corrected chi connectivity index (χ2v) is 5.15. The standard InChI is InChI=1S/C18H14N2O4/c21-16-7-5-11(18(23)24)9-15(16)20-17(22)8-6-12-10-19-14-4-2-1-3-13(12)14/h1-10,19,21H,(H,20,22)(H,23,24). The number of phenols is 1. The van der Waals surface area contributed by atoms with Crippen LogP contribution in [0.5, 0.6) is 5.75 Å². The lowest BCUT2D eigenvalue weighted by Gasteiger charge is -2.06. The second kappa shape index (κ2) is 6.29. The van der Waals surface area contributed by atoms with Gasteiger partial charge in [-0.1, -0.05) is 18.2 Å². The van der Waals surface area contributed by atoms with E-state index in [1.807, 2.05) is 24.3 Å². The Kier molecular flexibility index (Phi) is 4.03. The number of carbonyl (C=O) groups excluding carboxylic acids is 1. The highest BCUT2D eigenvalue weighted by Gasteiger charge is 2.09. The summed E-state index contributed by atoms with van der Waals surface area (Å²) in [5, 5.41) is 22.1. The topological polar surface area (TPSA) is 102 Å². The number of aromatic amines is 1. The number of amides is 1. The number of hydrogen-bond acceptors (Lipinski definition) is 3. The number of para-hydroxylation sites is 1. The highest BCUT2D eigenvalue weighted by molar-refractivity contribution is 6.04. The SMILES string of the molecule is O=C(C=Cc1c[nH]c2ccccc12)Nc1cc(C(=O)O)ccc1O. The van der Waals surface area contributed by atoms with Gasteiger partial charge in [-0.05, 0) is 35.9 Å². The van der Waals surface area contributed by atoms with E-state index in [2.05, 4.69) is 10.3 Å². The lowest BCUT2D eigenvalue weighted by Crippen LogP contribution is -2.09. The van der Waals surface area contributed by atoms with Crippen molar-refractivity contribution in [2.75, 3.05) is 5.32 Å². The molecule has 0 saturated carbocycles. The van der Waals surface area contributed by atoms with Gasteiger partial charge < -0.3 is 20.5 Å². The number of aromatic carboxylic acids is 1. The Morgan fingerprint density at radius 2 is 1.92 bits per heavy atom. The van der Waals surface area contributed by atoms with E-state index in [9.17, 15) is 14.7 Å². The predicted molar refractivity (Wildman–Crippen MR) is 91.0 cm³/mol. The first-order chi connectivity index (χ1) is 11.5. The van der Waals surface area contributed by atoms with Crippen molar-refractivity contribution in [2.45, 2.75) is 0 Å². The first kappa shape index (κ1) is 15.4. The summed E-state index contributed by atoms with van der Waals surface area (Å²) in [7, 11) is 0. The fourth-order valence-electron chi connectivity index (χ4n) is 2.34. The van der Waals surface area contributed by atoms with E-state index in [1.165, 1.54) is 24.3 Å². The number of rotatable bonds is 4. The molecule has 3 rings (SSSR count). The van der Waals surface area contributed by atoms with Crippen LogP contribution in [-0.4, -0.2) is 27.1 Å². The number of anilines is 1. The Morgan fingerprint density at radius 1 is 1.12 bits per heavy atom. The van der Waals surface area contributed by atoms with Crippen LogP contribution < -0.4 is 5.32 Å². The number of carboxylic acid groups (broad SMARTS) is 1. The zero-order valence-corrected chi connectivity index (χ0v) is 12.5. The lowest BCUT2D eigenvalue weighted by atomic mass is 10.1. The molecule has 1 aromatic heterocycles. The number of hydrogen-bond donors (Lipinski definition) is 4. The van der Waals surface area contributed by atoms with Gasteiger partial charge >= 0.3 is 5.97 Å². The van der Waals surface area contributed by atoms with Gasteiger partial charge in [0.25, 0.3) is 0 Å². The molecule has 2 aromatic carbocycles. The van der Waals surface area contributed by atoms with E-state index in [1.54, 1.807) is 12.3 Å². The molecule has 0 atom stereocenters. The Bertz CT molecular complexity index is 957. The van der Waals surface area contributed by atoms with Gasteiger partial charge in [-0.3, -0.25) is 4.79 Å². The van der Waals surface area contributed by atoms with Crippen molar-refractivity contribution < 1.29 is 19.8 Å². The number of fused-ring (bicyclic) bond motifs is 1. The molecule has 1 heterocycles. The number of aromatic nitrogens is 1. The first-order valence-electron chi connectivity index (χ1n) is 7.16. The highest BCUT2D eigenvalue weighted by atomic mass is 16.4. The number of nitrogens with one attached hydrogen (secondary N) is 2. The molecule has 0 unspecified atom stereocenters. The molecule has 0 aliphatic heterocycles. The van der Waals surface area contributed by atoms with Crippen LogP contribution in [0.1, 0.15) is 15.9 Å². The van der Waals surface area contributed by atoms with Crippen molar-refractivity contribution in [3.63, 3.8) is 0 Å². The third kappa shape index (κ3) is 3.12. The Labute approximate surface area is 137 Å². The molecule has 24 heavy (non-hydrogen) atoms. The summed E-state index contributed by atoms with van der Waals surface area (Å²) >= 11 is 0. The molecular formula is C18H14N2O4. The zero-order valence-electron chi connectivity index (χ0n) is 12.5. The third-order valence-electron chi connectivity index (χ3n) is 3.54. The number of benzene rings is 2. The van der Waals surface area contributed by atoms with E-state index < -0.39 is 11.9 Å². The molecular weight excluding hydrogens is 308 g/mol. The Balaban J connectivity index is 1.78. The summed E-state index contributed by atoms with van der Waals surface area (Å²) in [4.78, 5) is 26.1. The molecule has 0 bridgehead atoms. The molecule has 0 aliphatic rings. The molecule has 0 spiro atoms. The molecule has 0 radical (unpaired) electrons. The first-order valence-corrected chi connectivity index (χ1v) is 7.16. The van der Waals surface area contributed by atoms with Crippen LogP contribution in [0.25, 0.3) is 17.0 Å². The maximum absolute atomic E-state index is 12.0. The van der Waals surface area contributed by atoms with Gasteiger partial charge in [0.15, 0.2) is 0 Å². The van der Waals surface area contributed by atoms with Crippen molar-refractivity contribution in [1.29, 1.82) is 0 Å². The van der Waals surface area contributed by atoms with E-state index in [-0.39, 0.29) is 17.0 Å². The number of aromatic hydroxyl groups is 1. The number of phenolic OH excluding ortho intramolecular Hbond substituents is 1. The van der Waals surface area contributed by atoms with Gasteiger partial charge in [0.1, 0.15) is 5.75 Å². The zero-order chi connectivity index (χ0) is 17.1. The van der Waals surface area contributed by atoms with E-state index in [0.29, 0.717) is 0 Å². The van der Waals surface area contributed by atoms with Crippen LogP contribution >= 0.6 is 0 Å². The average molecular weight is 322 g/mol.